The highest BCUT2D eigenvalue weighted by atomic mass is 35.5. The maximum atomic E-state index is 13.0. The van der Waals surface area contributed by atoms with Crippen LogP contribution in [0.25, 0.3) is 0 Å². The summed E-state index contributed by atoms with van der Waals surface area (Å²) in [6.07, 6.45) is 4.86. The first-order chi connectivity index (χ1) is 10.9. The average Bonchev–Trinajstić information content (AvgIpc) is 3.08. The zero-order valence-electron chi connectivity index (χ0n) is 15.3. The quantitative estimate of drug-likeness (QED) is 0.888. The molecule has 0 unspecified atom stereocenters. The minimum Gasteiger partial charge on any atom is -0.339 e. The predicted molar refractivity (Wildman–Crippen MR) is 98.8 cm³/mol. The number of nitrogens with zero attached hydrogens (tertiary/aromatic N) is 3. The number of amides is 1. The van der Waals surface area contributed by atoms with E-state index in [9.17, 15) is 4.79 Å². The molecule has 2 aliphatic rings. The first-order valence-corrected chi connectivity index (χ1v) is 8.99. The maximum Gasteiger partial charge on any atom is 0.257 e. The Labute approximate surface area is 151 Å². The number of carbonyl (C=O) groups excluding carboxylic acids is 1. The number of halogens is 1. The van der Waals surface area contributed by atoms with Gasteiger partial charge in [0.05, 0.1) is 23.0 Å². The van der Waals surface area contributed by atoms with Gasteiger partial charge >= 0.3 is 0 Å². The van der Waals surface area contributed by atoms with Crippen LogP contribution in [0.15, 0.2) is 6.20 Å². The molecular weight excluding hydrogens is 324 g/mol. The smallest absolute Gasteiger partial charge is 0.257 e. The van der Waals surface area contributed by atoms with Crippen LogP contribution in [0.5, 0.6) is 0 Å². The van der Waals surface area contributed by atoms with Crippen LogP contribution in [0.2, 0.25) is 0 Å². The Morgan fingerprint density at radius 1 is 1.25 bits per heavy atom. The van der Waals surface area contributed by atoms with Gasteiger partial charge < -0.3 is 10.2 Å². The summed E-state index contributed by atoms with van der Waals surface area (Å²) >= 11 is 0. The third-order valence-corrected chi connectivity index (χ3v) is 5.38. The summed E-state index contributed by atoms with van der Waals surface area (Å²) in [6, 6.07) is 0. The number of carbonyl (C=O) groups is 1. The predicted octanol–water partition coefficient (Wildman–Crippen LogP) is 2.69. The monoisotopic (exact) mass is 354 g/mol. The van der Waals surface area contributed by atoms with Gasteiger partial charge in [0.2, 0.25) is 0 Å². The van der Waals surface area contributed by atoms with Crippen LogP contribution in [0.4, 0.5) is 0 Å². The van der Waals surface area contributed by atoms with Crippen molar-refractivity contribution in [2.45, 2.75) is 52.5 Å². The lowest BCUT2D eigenvalue weighted by atomic mass is 9.92. The van der Waals surface area contributed by atoms with Crippen molar-refractivity contribution in [1.29, 1.82) is 0 Å². The van der Waals surface area contributed by atoms with Gasteiger partial charge in [-0.25, -0.2) is 0 Å². The lowest BCUT2D eigenvalue weighted by Crippen LogP contribution is -2.33. The minimum absolute atomic E-state index is 0. The van der Waals surface area contributed by atoms with Gasteiger partial charge in [-0.2, -0.15) is 5.10 Å². The third kappa shape index (κ3) is 3.62. The third-order valence-electron chi connectivity index (χ3n) is 5.38. The molecule has 0 aliphatic carbocycles. The molecular formula is C18H31ClN4O. The molecule has 3 heterocycles. The number of hydrogen-bond donors (Lipinski definition) is 1. The molecule has 0 saturated carbocycles. The molecule has 2 atom stereocenters. The van der Waals surface area contributed by atoms with Gasteiger partial charge in [-0.3, -0.25) is 9.48 Å². The number of aromatic nitrogens is 2. The summed E-state index contributed by atoms with van der Waals surface area (Å²) in [6.45, 7) is 12.5. The number of fused-ring (bicyclic) bond motifs is 1. The van der Waals surface area contributed by atoms with Crippen molar-refractivity contribution < 1.29 is 4.79 Å². The highest BCUT2D eigenvalue weighted by molar-refractivity contribution is 5.95. The van der Waals surface area contributed by atoms with Crippen molar-refractivity contribution in [3.05, 3.63) is 17.5 Å². The second-order valence-corrected chi connectivity index (χ2v) is 7.99. The zero-order valence-corrected chi connectivity index (χ0v) is 16.2. The number of nitrogens with one attached hydrogen (secondary N) is 1. The van der Waals surface area contributed by atoms with Gasteiger partial charge in [0.15, 0.2) is 0 Å². The summed E-state index contributed by atoms with van der Waals surface area (Å²) in [7, 11) is 0. The van der Waals surface area contributed by atoms with E-state index in [1.807, 2.05) is 4.68 Å². The van der Waals surface area contributed by atoms with E-state index < -0.39 is 0 Å². The van der Waals surface area contributed by atoms with E-state index >= 15 is 0 Å². The van der Waals surface area contributed by atoms with E-state index in [1.54, 1.807) is 6.20 Å². The van der Waals surface area contributed by atoms with Crippen LogP contribution in [0.1, 0.15) is 56.6 Å². The standard InChI is InChI=1S/C18H30N4O.ClH/c1-5-16-15(12-20-22(16)18(2,3)4)17(23)21-8-6-13-10-19-11-14(13)7-9-21;/h12-14,19H,5-11H2,1-4H3;1H/t13-,14+;. The Morgan fingerprint density at radius 3 is 2.33 bits per heavy atom. The number of likely N-dealkylation sites (tertiary alicyclic amines) is 1. The maximum absolute atomic E-state index is 13.0. The molecule has 2 aliphatic heterocycles. The lowest BCUT2D eigenvalue weighted by Gasteiger charge is -2.24. The van der Waals surface area contributed by atoms with E-state index in [4.69, 9.17) is 0 Å². The highest BCUT2D eigenvalue weighted by Crippen LogP contribution is 2.28. The molecule has 0 radical (unpaired) electrons. The second-order valence-electron chi connectivity index (χ2n) is 7.99. The Hall–Kier alpha value is -1.07. The van der Waals surface area contributed by atoms with E-state index in [-0.39, 0.29) is 23.9 Å². The van der Waals surface area contributed by atoms with Crippen LogP contribution >= 0.6 is 12.4 Å². The van der Waals surface area contributed by atoms with Gasteiger partial charge in [-0.05, 0) is 65.0 Å². The van der Waals surface area contributed by atoms with Gasteiger partial charge in [0.25, 0.3) is 5.91 Å². The molecule has 3 rings (SSSR count). The average molecular weight is 355 g/mol. The van der Waals surface area contributed by atoms with Crippen LogP contribution in [-0.2, 0) is 12.0 Å². The fourth-order valence-electron chi connectivity index (χ4n) is 4.06. The summed E-state index contributed by atoms with van der Waals surface area (Å²) in [5, 5.41) is 8.00. The molecule has 1 amide bonds. The molecule has 5 nitrogen and oxygen atoms in total. The molecule has 136 valence electrons. The Balaban J connectivity index is 0.00000208. The van der Waals surface area contributed by atoms with E-state index in [2.05, 4.69) is 43.0 Å². The first-order valence-electron chi connectivity index (χ1n) is 8.99. The van der Waals surface area contributed by atoms with Crippen molar-refractivity contribution >= 4 is 18.3 Å². The Kier molecular flexibility index (Phi) is 5.97. The minimum atomic E-state index is -0.0919. The fraction of sp³-hybridized carbons (Fsp3) is 0.778. The normalized spacial score (nSPS) is 24.2. The van der Waals surface area contributed by atoms with Crippen molar-refractivity contribution in [1.82, 2.24) is 20.0 Å². The SMILES string of the molecule is CCc1c(C(=O)N2CC[C@@H]3CNC[C@@H]3CC2)cnn1C(C)(C)C.Cl. The largest absolute Gasteiger partial charge is 0.339 e. The zero-order chi connectivity index (χ0) is 16.6. The molecule has 2 fully saturated rings. The lowest BCUT2D eigenvalue weighted by molar-refractivity contribution is 0.0757. The van der Waals surface area contributed by atoms with E-state index in [0.29, 0.717) is 0 Å². The van der Waals surface area contributed by atoms with E-state index in [0.717, 1.165) is 68.5 Å². The van der Waals surface area contributed by atoms with Crippen molar-refractivity contribution in [3.8, 4) is 0 Å². The van der Waals surface area contributed by atoms with Crippen LogP contribution in [0.3, 0.4) is 0 Å². The van der Waals surface area contributed by atoms with E-state index in [1.165, 1.54) is 0 Å². The molecule has 1 aromatic heterocycles. The highest BCUT2D eigenvalue weighted by Gasteiger charge is 2.33. The fourth-order valence-corrected chi connectivity index (χ4v) is 4.06. The van der Waals surface area contributed by atoms with Crippen molar-refractivity contribution in [2.24, 2.45) is 11.8 Å². The van der Waals surface area contributed by atoms with Crippen LogP contribution < -0.4 is 5.32 Å². The molecule has 1 aromatic rings. The number of hydrogen-bond acceptors (Lipinski definition) is 3. The molecule has 0 bridgehead atoms. The topological polar surface area (TPSA) is 50.2 Å². The molecule has 24 heavy (non-hydrogen) atoms. The molecule has 2 saturated heterocycles. The van der Waals surface area contributed by atoms with Crippen molar-refractivity contribution in [2.75, 3.05) is 26.2 Å². The van der Waals surface area contributed by atoms with Crippen LogP contribution in [0, 0.1) is 11.8 Å². The first kappa shape index (κ1) is 19.3. The summed E-state index contributed by atoms with van der Waals surface area (Å²) in [4.78, 5) is 15.1. The Morgan fingerprint density at radius 2 is 1.83 bits per heavy atom. The summed E-state index contributed by atoms with van der Waals surface area (Å²) in [5.74, 6) is 1.66. The molecule has 0 aromatic carbocycles. The van der Waals surface area contributed by atoms with Gasteiger partial charge in [0, 0.05) is 13.1 Å². The number of rotatable bonds is 2. The van der Waals surface area contributed by atoms with Gasteiger partial charge in [-0.1, -0.05) is 6.92 Å². The Bertz CT molecular complexity index is 564. The molecule has 6 heteroatoms. The molecule has 1 N–H and O–H groups in total. The second kappa shape index (κ2) is 7.44. The summed E-state index contributed by atoms with van der Waals surface area (Å²) < 4.78 is 2.01. The van der Waals surface area contributed by atoms with Gasteiger partial charge in [-0.15, -0.1) is 12.4 Å². The van der Waals surface area contributed by atoms with Crippen molar-refractivity contribution in [3.63, 3.8) is 0 Å². The van der Waals surface area contributed by atoms with Crippen LogP contribution in [-0.4, -0.2) is 46.8 Å². The van der Waals surface area contributed by atoms with Gasteiger partial charge in [0.1, 0.15) is 0 Å². The summed E-state index contributed by atoms with van der Waals surface area (Å²) in [5.41, 5.74) is 1.77. The molecule has 0 spiro atoms.